The fraction of sp³-hybridized carbons (Fsp3) is 0.400. The zero-order valence-corrected chi connectivity index (χ0v) is 19.9. The molecule has 0 aliphatic carbocycles. The first-order valence-electron chi connectivity index (χ1n) is 10.3. The Bertz CT molecular complexity index is 1280. The lowest BCUT2D eigenvalue weighted by molar-refractivity contribution is -0.129. The summed E-state index contributed by atoms with van der Waals surface area (Å²) in [5.41, 5.74) is 0.453. The van der Waals surface area contributed by atoms with Gasteiger partial charge < -0.3 is 14.6 Å². The predicted molar refractivity (Wildman–Crippen MR) is 119 cm³/mol. The molecule has 14 heteroatoms. The van der Waals surface area contributed by atoms with E-state index in [1.54, 1.807) is 12.1 Å². The van der Waals surface area contributed by atoms with Crippen LogP contribution in [0.25, 0.3) is 11.5 Å². The van der Waals surface area contributed by atoms with Gasteiger partial charge in [-0.1, -0.05) is 29.5 Å². The molecule has 10 nitrogen and oxygen atoms in total. The van der Waals surface area contributed by atoms with Gasteiger partial charge >= 0.3 is 0 Å². The van der Waals surface area contributed by atoms with Crippen LogP contribution in [-0.4, -0.2) is 70.0 Å². The SMILES string of the molecule is Cc1ccc(S(=O)(=O)C2CNCCN2C(=O)CSc2nnc(-c3cn(C)nc3C(F)F)o2)cc1. The molecule has 1 fully saturated rings. The van der Waals surface area contributed by atoms with E-state index in [1.165, 1.54) is 35.0 Å². The lowest BCUT2D eigenvalue weighted by Crippen LogP contribution is -2.57. The fourth-order valence-corrected chi connectivity index (χ4v) is 5.92. The molecule has 182 valence electrons. The summed E-state index contributed by atoms with van der Waals surface area (Å²) in [6.07, 6.45) is -1.48. The van der Waals surface area contributed by atoms with Crippen LogP contribution in [0.3, 0.4) is 0 Å². The van der Waals surface area contributed by atoms with Crippen molar-refractivity contribution in [2.45, 2.75) is 28.8 Å². The number of hydrogen-bond acceptors (Lipinski definition) is 9. The Morgan fingerprint density at radius 2 is 2.03 bits per heavy atom. The van der Waals surface area contributed by atoms with Crippen molar-refractivity contribution in [3.8, 4) is 11.5 Å². The highest BCUT2D eigenvalue weighted by molar-refractivity contribution is 7.99. The van der Waals surface area contributed by atoms with Crippen LogP contribution < -0.4 is 5.32 Å². The summed E-state index contributed by atoms with van der Waals surface area (Å²) in [6.45, 7) is 2.64. The van der Waals surface area contributed by atoms with Crippen molar-refractivity contribution in [3.63, 3.8) is 0 Å². The van der Waals surface area contributed by atoms with Gasteiger partial charge in [0.25, 0.3) is 17.5 Å². The van der Waals surface area contributed by atoms with Crippen LogP contribution in [-0.2, 0) is 21.7 Å². The highest BCUT2D eigenvalue weighted by atomic mass is 32.2. The number of aromatic nitrogens is 4. The number of hydrogen-bond donors (Lipinski definition) is 1. The van der Waals surface area contributed by atoms with E-state index in [9.17, 15) is 22.0 Å². The van der Waals surface area contributed by atoms with E-state index < -0.39 is 33.2 Å². The zero-order chi connectivity index (χ0) is 24.5. The second-order valence-electron chi connectivity index (χ2n) is 7.67. The Kier molecular flexibility index (Phi) is 7.00. The molecule has 1 saturated heterocycles. The molecule has 3 aromatic rings. The molecule has 1 aromatic carbocycles. The summed E-state index contributed by atoms with van der Waals surface area (Å²) >= 11 is 0.908. The number of thioether (sulfide) groups is 1. The van der Waals surface area contributed by atoms with Crippen LogP contribution in [0.4, 0.5) is 8.78 Å². The van der Waals surface area contributed by atoms with E-state index in [4.69, 9.17) is 4.42 Å². The molecule has 1 aliphatic heterocycles. The van der Waals surface area contributed by atoms with Crippen molar-refractivity contribution in [2.24, 2.45) is 7.05 Å². The first kappa shape index (κ1) is 24.3. The van der Waals surface area contributed by atoms with Gasteiger partial charge in [-0.05, 0) is 19.1 Å². The second kappa shape index (κ2) is 9.80. The Hall–Kier alpha value is -2.84. The van der Waals surface area contributed by atoms with Gasteiger partial charge in [-0.15, -0.1) is 10.2 Å². The molecular weight excluding hydrogens is 490 g/mol. The van der Waals surface area contributed by atoms with Gasteiger partial charge in [0.05, 0.1) is 16.2 Å². The van der Waals surface area contributed by atoms with Crippen molar-refractivity contribution in [3.05, 3.63) is 41.7 Å². The van der Waals surface area contributed by atoms with Crippen molar-refractivity contribution in [1.29, 1.82) is 0 Å². The minimum absolute atomic E-state index is 0.000459. The van der Waals surface area contributed by atoms with E-state index in [0.29, 0.717) is 6.54 Å². The summed E-state index contributed by atoms with van der Waals surface area (Å²) in [7, 11) is -2.30. The Morgan fingerprint density at radius 1 is 1.29 bits per heavy atom. The molecule has 1 unspecified atom stereocenters. The van der Waals surface area contributed by atoms with E-state index in [0.717, 1.165) is 17.3 Å². The number of carbonyl (C=O) groups excluding carboxylic acids is 1. The van der Waals surface area contributed by atoms with Crippen molar-refractivity contribution in [1.82, 2.24) is 30.2 Å². The van der Waals surface area contributed by atoms with Gasteiger partial charge in [0, 0.05) is 32.9 Å². The average molecular weight is 513 g/mol. The smallest absolute Gasteiger partial charge is 0.282 e. The Labute approximate surface area is 198 Å². The zero-order valence-electron chi connectivity index (χ0n) is 18.3. The normalized spacial score (nSPS) is 16.9. The molecule has 0 saturated carbocycles. The second-order valence-corrected chi connectivity index (χ2v) is 10.7. The van der Waals surface area contributed by atoms with Gasteiger partial charge in [-0.25, -0.2) is 17.2 Å². The number of nitrogens with zero attached hydrogens (tertiary/aromatic N) is 5. The molecule has 34 heavy (non-hydrogen) atoms. The maximum atomic E-state index is 13.2. The summed E-state index contributed by atoms with van der Waals surface area (Å²) < 4.78 is 59.4. The van der Waals surface area contributed by atoms with Gasteiger partial charge in [0.1, 0.15) is 5.69 Å². The van der Waals surface area contributed by atoms with Crippen LogP contribution in [0.1, 0.15) is 17.7 Å². The number of amides is 1. The van der Waals surface area contributed by atoms with Crippen molar-refractivity contribution >= 4 is 27.5 Å². The maximum absolute atomic E-state index is 13.2. The lowest BCUT2D eigenvalue weighted by atomic mass is 10.2. The molecule has 0 bridgehead atoms. The number of halogens is 2. The van der Waals surface area contributed by atoms with Gasteiger partial charge in [0.2, 0.25) is 15.7 Å². The molecule has 1 aliphatic rings. The molecule has 1 amide bonds. The summed E-state index contributed by atoms with van der Waals surface area (Å²) in [5, 5.41) is 13.3. The molecule has 0 radical (unpaired) electrons. The van der Waals surface area contributed by atoms with Crippen molar-refractivity contribution in [2.75, 3.05) is 25.4 Å². The minimum atomic E-state index is -3.80. The van der Waals surface area contributed by atoms with Crippen LogP contribution in [0.15, 0.2) is 45.0 Å². The third kappa shape index (κ3) is 4.98. The number of sulfone groups is 1. The number of benzene rings is 1. The summed E-state index contributed by atoms with van der Waals surface area (Å²) in [4.78, 5) is 14.4. The highest BCUT2D eigenvalue weighted by Gasteiger charge is 2.37. The van der Waals surface area contributed by atoms with Gasteiger partial charge in [0.15, 0.2) is 5.37 Å². The number of alkyl halides is 2. The quantitative estimate of drug-likeness (QED) is 0.474. The van der Waals surface area contributed by atoms with Crippen LogP contribution in [0, 0.1) is 6.92 Å². The third-order valence-corrected chi connectivity index (χ3v) is 8.11. The van der Waals surface area contributed by atoms with E-state index in [2.05, 4.69) is 20.6 Å². The van der Waals surface area contributed by atoms with Crippen molar-refractivity contribution < 1.29 is 26.4 Å². The standard InChI is InChI=1S/C20H22F2N6O4S2/c1-12-3-5-13(6-4-12)34(30,31)16-9-23-7-8-28(16)15(29)11-33-20-25-24-19(32-20)14-10-27(2)26-17(14)18(21)22/h3-6,10,16,18,23H,7-9,11H2,1-2H3. The van der Waals surface area contributed by atoms with E-state index >= 15 is 0 Å². The molecule has 1 N–H and O–H groups in total. The number of rotatable bonds is 7. The first-order chi connectivity index (χ1) is 16.2. The molecule has 4 rings (SSSR count). The van der Waals surface area contributed by atoms with Crippen LogP contribution in [0.5, 0.6) is 0 Å². The minimum Gasteiger partial charge on any atom is -0.411 e. The topological polar surface area (TPSA) is 123 Å². The fourth-order valence-electron chi connectivity index (χ4n) is 3.54. The molecule has 3 heterocycles. The number of carbonyl (C=O) groups is 1. The summed E-state index contributed by atoms with van der Waals surface area (Å²) in [6, 6.07) is 6.48. The van der Waals surface area contributed by atoms with E-state index in [1.807, 2.05) is 6.92 Å². The van der Waals surface area contributed by atoms with E-state index in [-0.39, 0.29) is 40.4 Å². The molecule has 0 spiro atoms. The third-order valence-electron chi connectivity index (χ3n) is 5.24. The predicted octanol–water partition coefficient (Wildman–Crippen LogP) is 2.04. The largest absolute Gasteiger partial charge is 0.411 e. The number of aryl methyl sites for hydroxylation is 2. The molecule has 1 atom stereocenters. The lowest BCUT2D eigenvalue weighted by Gasteiger charge is -2.35. The maximum Gasteiger partial charge on any atom is 0.282 e. The molecule has 2 aromatic heterocycles. The molecular formula is C20H22F2N6O4S2. The first-order valence-corrected chi connectivity index (χ1v) is 12.8. The van der Waals surface area contributed by atoms with Gasteiger partial charge in [-0.3, -0.25) is 9.48 Å². The average Bonchev–Trinajstić information content (AvgIpc) is 3.44. The number of piperazine rings is 1. The number of nitrogens with one attached hydrogen (secondary N) is 1. The summed E-state index contributed by atoms with van der Waals surface area (Å²) in [5.74, 6) is -0.710. The highest BCUT2D eigenvalue weighted by Crippen LogP contribution is 2.31. The Balaban J connectivity index is 1.47. The van der Waals surface area contributed by atoms with Crippen LogP contribution in [0.2, 0.25) is 0 Å². The van der Waals surface area contributed by atoms with Crippen LogP contribution >= 0.6 is 11.8 Å². The van der Waals surface area contributed by atoms with Gasteiger partial charge in [-0.2, -0.15) is 5.10 Å². The monoisotopic (exact) mass is 512 g/mol. The Morgan fingerprint density at radius 3 is 2.74 bits per heavy atom.